The Morgan fingerprint density at radius 1 is 1.00 bits per heavy atom. The van der Waals surface area contributed by atoms with E-state index in [0.29, 0.717) is 12.5 Å². The standard InChI is InChI=1S/C22H26N2/c1-22(16-17-23)14-12-20(13-15-22)24-21(18-8-4-2-5-9-18)19-10-6-3-7-11-19/h2-11,20-21,24H,12-16H2,1H3. The molecule has 0 amide bonds. The summed E-state index contributed by atoms with van der Waals surface area (Å²) in [5.41, 5.74) is 2.84. The SMILES string of the molecule is CC1(CC#N)CCC(NC(c2ccccc2)c2ccccc2)CC1. The first-order valence-corrected chi connectivity index (χ1v) is 8.93. The lowest BCUT2D eigenvalue weighted by atomic mass is 9.72. The average Bonchev–Trinajstić information content (AvgIpc) is 2.63. The summed E-state index contributed by atoms with van der Waals surface area (Å²) in [5, 5.41) is 12.9. The maximum absolute atomic E-state index is 9.03. The van der Waals surface area contributed by atoms with E-state index in [1.807, 2.05) is 0 Å². The summed E-state index contributed by atoms with van der Waals surface area (Å²) in [7, 11) is 0. The van der Waals surface area contributed by atoms with Gasteiger partial charge in [0.15, 0.2) is 0 Å². The van der Waals surface area contributed by atoms with Crippen LogP contribution in [-0.2, 0) is 0 Å². The number of hydrogen-bond acceptors (Lipinski definition) is 2. The molecule has 1 saturated carbocycles. The number of nitriles is 1. The van der Waals surface area contributed by atoms with Crippen LogP contribution >= 0.6 is 0 Å². The third-order valence-electron chi connectivity index (χ3n) is 5.37. The van der Waals surface area contributed by atoms with Crippen molar-refractivity contribution in [2.45, 2.75) is 51.1 Å². The first-order chi connectivity index (χ1) is 11.7. The van der Waals surface area contributed by atoms with Gasteiger partial charge in [-0.1, -0.05) is 67.6 Å². The smallest absolute Gasteiger partial charge is 0.0627 e. The molecule has 3 rings (SSSR count). The molecule has 1 aliphatic carbocycles. The Balaban J connectivity index is 1.73. The Morgan fingerprint density at radius 2 is 1.50 bits per heavy atom. The fourth-order valence-corrected chi connectivity index (χ4v) is 3.76. The third kappa shape index (κ3) is 4.04. The van der Waals surface area contributed by atoms with E-state index < -0.39 is 0 Å². The van der Waals surface area contributed by atoms with Gasteiger partial charge in [-0.15, -0.1) is 0 Å². The number of nitrogens with zero attached hydrogens (tertiary/aromatic N) is 1. The van der Waals surface area contributed by atoms with E-state index in [1.54, 1.807) is 0 Å². The highest BCUT2D eigenvalue weighted by atomic mass is 15.0. The van der Waals surface area contributed by atoms with E-state index in [9.17, 15) is 0 Å². The second kappa shape index (κ2) is 7.64. The first kappa shape index (κ1) is 16.7. The van der Waals surface area contributed by atoms with E-state index in [-0.39, 0.29) is 11.5 Å². The summed E-state index contributed by atoms with van der Waals surface area (Å²) in [4.78, 5) is 0. The topological polar surface area (TPSA) is 35.8 Å². The molecule has 0 saturated heterocycles. The van der Waals surface area contributed by atoms with Gasteiger partial charge in [-0.2, -0.15) is 5.26 Å². The molecule has 2 aromatic rings. The molecule has 0 heterocycles. The van der Waals surface area contributed by atoms with Gasteiger partial charge in [-0.05, 0) is 42.2 Å². The molecule has 0 aromatic heterocycles. The van der Waals surface area contributed by atoms with Crippen LogP contribution in [-0.4, -0.2) is 6.04 Å². The Hall–Kier alpha value is -2.11. The number of hydrogen-bond donors (Lipinski definition) is 1. The van der Waals surface area contributed by atoms with E-state index in [0.717, 1.165) is 25.7 Å². The Bertz CT molecular complexity index is 625. The van der Waals surface area contributed by atoms with Crippen molar-refractivity contribution in [1.82, 2.24) is 5.32 Å². The van der Waals surface area contributed by atoms with Crippen molar-refractivity contribution >= 4 is 0 Å². The molecule has 2 heteroatoms. The lowest BCUT2D eigenvalue weighted by molar-refractivity contribution is 0.184. The molecule has 0 radical (unpaired) electrons. The molecular weight excluding hydrogens is 292 g/mol. The van der Waals surface area contributed by atoms with E-state index >= 15 is 0 Å². The van der Waals surface area contributed by atoms with Gasteiger partial charge in [-0.3, -0.25) is 0 Å². The van der Waals surface area contributed by atoms with Crippen molar-refractivity contribution in [3.05, 3.63) is 71.8 Å². The lowest BCUT2D eigenvalue weighted by Gasteiger charge is -2.38. The van der Waals surface area contributed by atoms with Crippen LogP contribution in [0, 0.1) is 16.7 Å². The maximum atomic E-state index is 9.03. The first-order valence-electron chi connectivity index (χ1n) is 8.93. The quantitative estimate of drug-likeness (QED) is 0.819. The van der Waals surface area contributed by atoms with Crippen molar-refractivity contribution in [3.8, 4) is 6.07 Å². The van der Waals surface area contributed by atoms with Crippen LogP contribution in [0.5, 0.6) is 0 Å². The van der Waals surface area contributed by atoms with Gasteiger partial charge in [0.1, 0.15) is 0 Å². The van der Waals surface area contributed by atoms with Gasteiger partial charge in [0, 0.05) is 12.5 Å². The minimum atomic E-state index is 0.210. The molecule has 24 heavy (non-hydrogen) atoms. The molecule has 0 bridgehead atoms. The fourth-order valence-electron chi connectivity index (χ4n) is 3.76. The monoisotopic (exact) mass is 318 g/mol. The van der Waals surface area contributed by atoms with Crippen LogP contribution in [0.4, 0.5) is 0 Å². The Morgan fingerprint density at radius 3 is 1.96 bits per heavy atom. The van der Waals surface area contributed by atoms with Crippen LogP contribution in [0.25, 0.3) is 0 Å². The maximum Gasteiger partial charge on any atom is 0.0627 e. The minimum Gasteiger partial charge on any atom is -0.303 e. The van der Waals surface area contributed by atoms with Gasteiger partial charge in [-0.25, -0.2) is 0 Å². The highest BCUT2D eigenvalue weighted by molar-refractivity contribution is 5.31. The molecule has 2 aromatic carbocycles. The molecule has 0 aliphatic heterocycles. The van der Waals surface area contributed by atoms with Gasteiger partial charge < -0.3 is 5.32 Å². The second-order valence-corrected chi connectivity index (χ2v) is 7.34. The molecule has 0 unspecified atom stereocenters. The number of rotatable bonds is 5. The van der Waals surface area contributed by atoms with Crippen molar-refractivity contribution < 1.29 is 0 Å². The van der Waals surface area contributed by atoms with Crippen LogP contribution in [0.1, 0.15) is 56.2 Å². The predicted molar refractivity (Wildman–Crippen MR) is 98.5 cm³/mol. The van der Waals surface area contributed by atoms with E-state index in [4.69, 9.17) is 5.26 Å². The molecule has 1 N–H and O–H groups in total. The predicted octanol–water partition coefficient (Wildman–Crippen LogP) is 5.23. The third-order valence-corrected chi connectivity index (χ3v) is 5.37. The molecule has 124 valence electrons. The summed E-state index contributed by atoms with van der Waals surface area (Å²) in [6.07, 6.45) is 5.24. The molecular formula is C22H26N2. The zero-order chi connectivity index (χ0) is 16.8. The highest BCUT2D eigenvalue weighted by Crippen LogP contribution is 2.39. The summed E-state index contributed by atoms with van der Waals surface area (Å²) >= 11 is 0. The largest absolute Gasteiger partial charge is 0.303 e. The average molecular weight is 318 g/mol. The molecule has 2 nitrogen and oxygen atoms in total. The Kier molecular flexibility index (Phi) is 5.33. The minimum absolute atomic E-state index is 0.210. The van der Waals surface area contributed by atoms with Gasteiger partial charge >= 0.3 is 0 Å². The van der Waals surface area contributed by atoms with Crippen LogP contribution in [0.3, 0.4) is 0 Å². The second-order valence-electron chi connectivity index (χ2n) is 7.34. The summed E-state index contributed by atoms with van der Waals surface area (Å²) in [6, 6.07) is 24.5. The van der Waals surface area contributed by atoms with E-state index in [1.165, 1.54) is 11.1 Å². The van der Waals surface area contributed by atoms with Gasteiger partial charge in [0.2, 0.25) is 0 Å². The molecule has 1 aliphatic rings. The summed E-state index contributed by atoms with van der Waals surface area (Å²) in [5.74, 6) is 0. The van der Waals surface area contributed by atoms with Gasteiger partial charge in [0.05, 0.1) is 12.1 Å². The van der Waals surface area contributed by atoms with Crippen molar-refractivity contribution in [2.24, 2.45) is 5.41 Å². The fraction of sp³-hybridized carbons (Fsp3) is 0.409. The van der Waals surface area contributed by atoms with Gasteiger partial charge in [0.25, 0.3) is 0 Å². The molecule has 0 atom stereocenters. The van der Waals surface area contributed by atoms with Crippen molar-refractivity contribution in [3.63, 3.8) is 0 Å². The number of nitrogens with one attached hydrogen (secondary N) is 1. The number of benzene rings is 2. The van der Waals surface area contributed by atoms with Crippen molar-refractivity contribution in [1.29, 1.82) is 5.26 Å². The zero-order valence-corrected chi connectivity index (χ0v) is 14.4. The normalized spacial score (nSPS) is 23.8. The highest BCUT2D eigenvalue weighted by Gasteiger charge is 2.32. The zero-order valence-electron chi connectivity index (χ0n) is 14.4. The summed E-state index contributed by atoms with van der Waals surface area (Å²) < 4.78 is 0. The molecule has 1 fully saturated rings. The van der Waals surface area contributed by atoms with E-state index in [2.05, 4.69) is 79.0 Å². The molecule has 0 spiro atoms. The van der Waals surface area contributed by atoms with Crippen LogP contribution in [0.2, 0.25) is 0 Å². The lowest BCUT2D eigenvalue weighted by Crippen LogP contribution is -2.39. The van der Waals surface area contributed by atoms with Crippen LogP contribution < -0.4 is 5.32 Å². The van der Waals surface area contributed by atoms with Crippen molar-refractivity contribution in [2.75, 3.05) is 0 Å². The van der Waals surface area contributed by atoms with Crippen LogP contribution in [0.15, 0.2) is 60.7 Å². The Labute approximate surface area is 145 Å². The summed E-state index contributed by atoms with van der Waals surface area (Å²) in [6.45, 7) is 2.26.